The first kappa shape index (κ1) is 23.4. The van der Waals surface area contributed by atoms with Gasteiger partial charge in [0.1, 0.15) is 6.61 Å². The summed E-state index contributed by atoms with van der Waals surface area (Å²) in [4.78, 5) is 40.0. The molecule has 2 fully saturated rings. The molecule has 1 heterocycles. The van der Waals surface area contributed by atoms with Crippen LogP contribution in [0.3, 0.4) is 0 Å². The molecule has 1 aliphatic heterocycles. The van der Waals surface area contributed by atoms with Gasteiger partial charge in [0, 0.05) is 44.6 Å². The van der Waals surface area contributed by atoms with Crippen LogP contribution < -0.4 is 5.32 Å². The van der Waals surface area contributed by atoms with Gasteiger partial charge in [-0.1, -0.05) is 48.5 Å². The third kappa shape index (κ3) is 5.17. The fourth-order valence-electron chi connectivity index (χ4n) is 5.41. The van der Waals surface area contributed by atoms with Crippen molar-refractivity contribution in [3.05, 3.63) is 59.7 Å². The number of nitrogens with one attached hydrogen (secondary N) is 1. The molecule has 8 nitrogen and oxygen atoms in total. The third-order valence-corrected chi connectivity index (χ3v) is 7.35. The maximum atomic E-state index is 12.9. The molecule has 0 radical (unpaired) electrons. The van der Waals surface area contributed by atoms with Crippen LogP contribution >= 0.6 is 0 Å². The number of carbonyl (C=O) groups excluding carboxylic acids is 2. The minimum atomic E-state index is -0.841. The van der Waals surface area contributed by atoms with Gasteiger partial charge in [-0.05, 0) is 41.0 Å². The van der Waals surface area contributed by atoms with Crippen molar-refractivity contribution in [2.75, 3.05) is 45.9 Å². The Labute approximate surface area is 204 Å². The second-order valence-corrected chi connectivity index (χ2v) is 9.66. The van der Waals surface area contributed by atoms with E-state index in [1.165, 1.54) is 22.3 Å². The molecule has 1 saturated carbocycles. The predicted molar refractivity (Wildman–Crippen MR) is 130 cm³/mol. The molecule has 184 valence electrons. The number of fused-ring (bicyclic) bond motifs is 3. The summed E-state index contributed by atoms with van der Waals surface area (Å²) in [6.07, 6.45) is 1.08. The van der Waals surface area contributed by atoms with Crippen molar-refractivity contribution < 1.29 is 24.2 Å². The normalized spacial score (nSPS) is 21.5. The van der Waals surface area contributed by atoms with Crippen LogP contribution in [0.15, 0.2) is 48.5 Å². The Kier molecular flexibility index (Phi) is 6.72. The average molecular weight is 478 g/mol. The minimum Gasteiger partial charge on any atom is -0.480 e. The molecule has 2 N–H and O–H groups in total. The average Bonchev–Trinajstić information content (AvgIpc) is 3.61. The van der Waals surface area contributed by atoms with Crippen molar-refractivity contribution in [1.29, 1.82) is 0 Å². The number of carbonyl (C=O) groups is 3. The molecule has 0 spiro atoms. The van der Waals surface area contributed by atoms with Gasteiger partial charge < -0.3 is 20.1 Å². The fraction of sp³-hybridized carbons (Fsp3) is 0.444. The number of carboxylic acid groups (broad SMARTS) is 1. The van der Waals surface area contributed by atoms with E-state index in [0.29, 0.717) is 32.7 Å². The van der Waals surface area contributed by atoms with Crippen LogP contribution in [0.25, 0.3) is 11.1 Å². The van der Waals surface area contributed by atoms with Gasteiger partial charge in [-0.15, -0.1) is 0 Å². The molecule has 35 heavy (non-hydrogen) atoms. The molecule has 0 unspecified atom stereocenters. The number of nitrogens with zero attached hydrogens (tertiary/aromatic N) is 2. The summed E-state index contributed by atoms with van der Waals surface area (Å²) in [5.74, 6) is -0.656. The second kappa shape index (κ2) is 10.1. The maximum Gasteiger partial charge on any atom is 0.407 e. The first-order chi connectivity index (χ1) is 17.0. The second-order valence-electron chi connectivity index (χ2n) is 9.66. The van der Waals surface area contributed by atoms with E-state index in [0.717, 1.165) is 12.8 Å². The molecule has 0 aromatic heterocycles. The summed E-state index contributed by atoms with van der Waals surface area (Å²) in [6.45, 7) is 3.17. The molecule has 2 amide bonds. The van der Waals surface area contributed by atoms with Crippen LogP contribution in [0, 0.1) is 11.8 Å². The first-order valence-corrected chi connectivity index (χ1v) is 12.3. The highest BCUT2D eigenvalue weighted by Gasteiger charge is 2.45. The number of rotatable bonds is 7. The van der Waals surface area contributed by atoms with Gasteiger partial charge in [-0.2, -0.15) is 0 Å². The Hall–Kier alpha value is -3.39. The summed E-state index contributed by atoms with van der Waals surface area (Å²) in [5.41, 5.74) is 4.73. The molecule has 5 rings (SSSR count). The van der Waals surface area contributed by atoms with Crippen molar-refractivity contribution in [3.63, 3.8) is 0 Å². The fourth-order valence-corrected chi connectivity index (χ4v) is 5.41. The van der Waals surface area contributed by atoms with E-state index < -0.39 is 12.1 Å². The monoisotopic (exact) mass is 477 g/mol. The van der Waals surface area contributed by atoms with Gasteiger partial charge in [0.15, 0.2) is 0 Å². The van der Waals surface area contributed by atoms with Gasteiger partial charge in [0.05, 0.1) is 6.54 Å². The van der Waals surface area contributed by atoms with Gasteiger partial charge in [-0.25, -0.2) is 4.79 Å². The smallest absolute Gasteiger partial charge is 0.407 e. The van der Waals surface area contributed by atoms with Gasteiger partial charge in [0.2, 0.25) is 5.91 Å². The molecule has 0 bridgehead atoms. The zero-order valence-electron chi connectivity index (χ0n) is 19.7. The van der Waals surface area contributed by atoms with Crippen molar-refractivity contribution in [2.24, 2.45) is 11.8 Å². The van der Waals surface area contributed by atoms with E-state index in [-0.39, 0.29) is 36.8 Å². The number of hydrogen-bond donors (Lipinski definition) is 2. The van der Waals surface area contributed by atoms with Gasteiger partial charge >= 0.3 is 12.1 Å². The lowest BCUT2D eigenvalue weighted by Crippen LogP contribution is -2.38. The molecule has 2 atom stereocenters. The summed E-state index contributed by atoms with van der Waals surface area (Å²) in [5, 5.41) is 11.8. The van der Waals surface area contributed by atoms with Crippen LogP contribution in [-0.2, 0) is 14.3 Å². The SMILES string of the molecule is O=C(O)CN1CCCN(C(=O)[C@@H]2C[C@@H]2CNC(=O)OCC2c3ccccc3-c3ccccc32)CC1. The highest BCUT2D eigenvalue weighted by Crippen LogP contribution is 2.44. The lowest BCUT2D eigenvalue weighted by molar-refractivity contribution is -0.138. The van der Waals surface area contributed by atoms with Crippen LogP contribution in [0.4, 0.5) is 4.79 Å². The Balaban J connectivity index is 1.07. The number of hydrogen-bond acceptors (Lipinski definition) is 5. The largest absolute Gasteiger partial charge is 0.480 e. The molecular formula is C27H31N3O5. The Bertz CT molecular complexity index is 1070. The number of ether oxygens (including phenoxy) is 1. The van der Waals surface area contributed by atoms with E-state index >= 15 is 0 Å². The van der Waals surface area contributed by atoms with Crippen LogP contribution in [-0.4, -0.2) is 78.8 Å². The summed E-state index contributed by atoms with van der Waals surface area (Å²) >= 11 is 0. The van der Waals surface area contributed by atoms with Gasteiger partial charge in [-0.3, -0.25) is 14.5 Å². The summed E-state index contributed by atoms with van der Waals surface area (Å²) < 4.78 is 5.59. The van der Waals surface area contributed by atoms with E-state index in [9.17, 15) is 14.4 Å². The summed E-state index contributed by atoms with van der Waals surface area (Å²) in [7, 11) is 0. The quantitative estimate of drug-likeness (QED) is 0.636. The zero-order chi connectivity index (χ0) is 24.4. The molecule has 2 aliphatic carbocycles. The molecule has 1 saturated heterocycles. The molecule has 8 heteroatoms. The molecule has 2 aromatic rings. The zero-order valence-corrected chi connectivity index (χ0v) is 19.7. The topological polar surface area (TPSA) is 99.2 Å². The lowest BCUT2D eigenvalue weighted by atomic mass is 9.98. The molecule has 3 aliphatic rings. The van der Waals surface area contributed by atoms with E-state index in [2.05, 4.69) is 29.6 Å². The maximum absolute atomic E-state index is 12.9. The number of amides is 2. The number of benzene rings is 2. The summed E-state index contributed by atoms with van der Waals surface area (Å²) in [6, 6.07) is 16.5. The first-order valence-electron chi connectivity index (χ1n) is 12.3. The van der Waals surface area contributed by atoms with Crippen molar-refractivity contribution >= 4 is 18.0 Å². The third-order valence-electron chi connectivity index (χ3n) is 7.35. The Morgan fingerprint density at radius 2 is 1.63 bits per heavy atom. The van der Waals surface area contributed by atoms with Crippen molar-refractivity contribution in [3.8, 4) is 11.1 Å². The van der Waals surface area contributed by atoms with Crippen molar-refractivity contribution in [2.45, 2.75) is 18.8 Å². The van der Waals surface area contributed by atoms with Crippen molar-refractivity contribution in [1.82, 2.24) is 15.1 Å². The van der Waals surface area contributed by atoms with E-state index in [1.807, 2.05) is 34.1 Å². The van der Waals surface area contributed by atoms with E-state index in [4.69, 9.17) is 9.84 Å². The van der Waals surface area contributed by atoms with Crippen LogP contribution in [0.2, 0.25) is 0 Å². The Morgan fingerprint density at radius 1 is 0.943 bits per heavy atom. The standard InChI is InChI=1S/C27H31N3O5/c31-25(32)16-29-10-5-11-30(13-12-29)26(33)23-14-18(23)15-28-27(34)35-17-24-21-8-3-1-6-19(21)20-7-2-4-9-22(20)24/h1-4,6-9,18,23-24H,5,10-17H2,(H,28,34)(H,31,32)/t18-,23-/m1/s1. The van der Waals surface area contributed by atoms with Gasteiger partial charge in [0.25, 0.3) is 0 Å². The molecule has 2 aromatic carbocycles. The highest BCUT2D eigenvalue weighted by atomic mass is 16.5. The van der Waals surface area contributed by atoms with E-state index in [1.54, 1.807) is 0 Å². The number of aliphatic carboxylic acids is 1. The lowest BCUT2D eigenvalue weighted by Gasteiger charge is -2.21. The predicted octanol–water partition coefficient (Wildman–Crippen LogP) is 2.78. The van der Waals surface area contributed by atoms with Crippen LogP contribution in [0.1, 0.15) is 29.9 Å². The highest BCUT2D eigenvalue weighted by molar-refractivity contribution is 5.82. The molecular weight excluding hydrogens is 446 g/mol. The number of alkyl carbamates (subject to hydrolysis) is 1. The Morgan fingerprint density at radius 3 is 2.31 bits per heavy atom. The van der Waals surface area contributed by atoms with Crippen LogP contribution in [0.5, 0.6) is 0 Å². The number of carboxylic acids is 1. The minimum absolute atomic E-state index is 0.0120.